The summed E-state index contributed by atoms with van der Waals surface area (Å²) in [6.07, 6.45) is 0. The van der Waals surface area contributed by atoms with E-state index in [0.717, 1.165) is 5.69 Å². The van der Waals surface area contributed by atoms with Crippen molar-refractivity contribution in [1.29, 1.82) is 0 Å². The van der Waals surface area contributed by atoms with Gasteiger partial charge in [-0.15, -0.1) is 11.3 Å². The first kappa shape index (κ1) is 11.1. The smallest absolute Gasteiger partial charge is 0.250 e. The average Bonchev–Trinajstić information content (AvgIpc) is 2.68. The van der Waals surface area contributed by atoms with Crippen LogP contribution in [0, 0.1) is 0 Å². The second-order valence-corrected chi connectivity index (χ2v) is 3.80. The van der Waals surface area contributed by atoms with E-state index in [4.69, 9.17) is 5.84 Å². The molecule has 0 aliphatic carbocycles. The third kappa shape index (κ3) is 2.76. The van der Waals surface area contributed by atoms with Gasteiger partial charge in [-0.1, -0.05) is 0 Å². The number of hydrazine groups is 1. The number of carbonyl (C=O) groups is 1. The van der Waals surface area contributed by atoms with E-state index in [1.54, 1.807) is 23.8 Å². The number of nitrogens with zero attached hydrogens (tertiary/aromatic N) is 2. The van der Waals surface area contributed by atoms with Crippen LogP contribution in [0.15, 0.2) is 10.9 Å². The molecule has 0 fully saturated rings. The van der Waals surface area contributed by atoms with E-state index in [1.807, 2.05) is 17.3 Å². The van der Waals surface area contributed by atoms with E-state index in [0.29, 0.717) is 6.54 Å². The van der Waals surface area contributed by atoms with Crippen LogP contribution in [0.5, 0.6) is 0 Å². The van der Waals surface area contributed by atoms with E-state index < -0.39 is 0 Å². The summed E-state index contributed by atoms with van der Waals surface area (Å²) in [5.74, 6) is 4.85. The first-order valence-corrected chi connectivity index (χ1v) is 5.17. The first-order chi connectivity index (χ1) is 6.65. The number of carbonyl (C=O) groups excluding carboxylic acids is 1. The maximum absolute atomic E-state index is 11.2. The van der Waals surface area contributed by atoms with Crippen LogP contribution in [0.2, 0.25) is 0 Å². The Labute approximate surface area is 86.9 Å². The van der Waals surface area contributed by atoms with Gasteiger partial charge in [0.15, 0.2) is 0 Å². The highest BCUT2D eigenvalue weighted by Gasteiger charge is 2.17. The molecule has 1 aromatic heterocycles. The molecule has 3 N–H and O–H groups in total. The molecule has 14 heavy (non-hydrogen) atoms. The highest BCUT2D eigenvalue weighted by molar-refractivity contribution is 7.07. The van der Waals surface area contributed by atoms with E-state index in [2.05, 4.69) is 10.4 Å². The number of nitrogens with one attached hydrogen (secondary N) is 1. The molecule has 1 aromatic rings. The van der Waals surface area contributed by atoms with E-state index in [-0.39, 0.29) is 11.9 Å². The summed E-state index contributed by atoms with van der Waals surface area (Å²) in [5.41, 5.74) is 4.87. The zero-order valence-electron chi connectivity index (χ0n) is 8.23. The lowest BCUT2D eigenvalue weighted by atomic mass is 10.2. The van der Waals surface area contributed by atoms with Crippen molar-refractivity contribution in [1.82, 2.24) is 15.3 Å². The Morgan fingerprint density at radius 3 is 3.07 bits per heavy atom. The summed E-state index contributed by atoms with van der Waals surface area (Å²) in [6.45, 7) is 2.45. The topological polar surface area (TPSA) is 71.2 Å². The summed E-state index contributed by atoms with van der Waals surface area (Å²) in [7, 11) is 1.86. The summed E-state index contributed by atoms with van der Waals surface area (Å²) in [5, 5.41) is 1.96. The predicted octanol–water partition coefficient (Wildman–Crippen LogP) is -0.0467. The van der Waals surface area contributed by atoms with Crippen LogP contribution in [0.1, 0.15) is 12.6 Å². The molecule has 6 heteroatoms. The fraction of sp³-hybridized carbons (Fsp3) is 0.500. The van der Waals surface area contributed by atoms with Gasteiger partial charge in [-0.3, -0.25) is 15.1 Å². The molecule has 0 spiro atoms. The summed E-state index contributed by atoms with van der Waals surface area (Å²) in [6, 6.07) is -0.248. The summed E-state index contributed by atoms with van der Waals surface area (Å²) < 4.78 is 0. The van der Waals surface area contributed by atoms with Gasteiger partial charge >= 0.3 is 0 Å². The zero-order valence-corrected chi connectivity index (χ0v) is 9.04. The molecule has 1 amide bonds. The molecule has 1 heterocycles. The molecule has 1 atom stereocenters. The van der Waals surface area contributed by atoms with Gasteiger partial charge < -0.3 is 0 Å². The van der Waals surface area contributed by atoms with Crippen LogP contribution in [0.3, 0.4) is 0 Å². The molecular formula is C8H14N4OS. The fourth-order valence-corrected chi connectivity index (χ4v) is 1.58. The number of hydrogen-bond donors (Lipinski definition) is 2. The third-order valence-corrected chi connectivity index (χ3v) is 2.71. The molecule has 78 valence electrons. The van der Waals surface area contributed by atoms with Crippen LogP contribution in [0.4, 0.5) is 0 Å². The van der Waals surface area contributed by atoms with Crippen LogP contribution >= 0.6 is 11.3 Å². The molecule has 0 aliphatic rings. The largest absolute Gasteiger partial charge is 0.293 e. The Balaban J connectivity index is 2.49. The Bertz CT molecular complexity index is 288. The zero-order chi connectivity index (χ0) is 10.6. The van der Waals surface area contributed by atoms with Gasteiger partial charge in [0, 0.05) is 11.9 Å². The van der Waals surface area contributed by atoms with Crippen molar-refractivity contribution in [3.8, 4) is 0 Å². The normalized spacial score (nSPS) is 12.9. The minimum atomic E-state index is -0.248. The van der Waals surface area contributed by atoms with Crippen LogP contribution < -0.4 is 11.3 Å². The van der Waals surface area contributed by atoms with Gasteiger partial charge in [-0.2, -0.15) is 0 Å². The molecule has 0 saturated heterocycles. The number of thiazole rings is 1. The number of hydrogen-bond acceptors (Lipinski definition) is 5. The monoisotopic (exact) mass is 214 g/mol. The van der Waals surface area contributed by atoms with Crippen molar-refractivity contribution in [3.05, 3.63) is 16.6 Å². The Hall–Kier alpha value is -0.980. The van der Waals surface area contributed by atoms with E-state index in [1.165, 1.54) is 0 Å². The highest BCUT2D eigenvalue weighted by Crippen LogP contribution is 2.06. The minimum Gasteiger partial charge on any atom is -0.293 e. The lowest BCUT2D eigenvalue weighted by Gasteiger charge is -2.21. The molecule has 0 saturated carbocycles. The Kier molecular flexibility index (Phi) is 3.99. The fourth-order valence-electron chi connectivity index (χ4n) is 1.03. The Morgan fingerprint density at radius 2 is 2.57 bits per heavy atom. The predicted molar refractivity (Wildman–Crippen MR) is 55.4 cm³/mol. The van der Waals surface area contributed by atoms with Gasteiger partial charge in [0.1, 0.15) is 0 Å². The number of rotatable bonds is 4. The number of likely N-dealkylation sites (N-methyl/N-ethyl adjacent to an activating group) is 1. The second-order valence-electron chi connectivity index (χ2n) is 3.08. The summed E-state index contributed by atoms with van der Waals surface area (Å²) in [4.78, 5) is 17.2. The van der Waals surface area contributed by atoms with Crippen LogP contribution in [-0.4, -0.2) is 28.9 Å². The van der Waals surface area contributed by atoms with Crippen LogP contribution in [0.25, 0.3) is 0 Å². The third-order valence-electron chi connectivity index (χ3n) is 2.08. The molecular weight excluding hydrogens is 200 g/mol. The van der Waals surface area contributed by atoms with Crippen molar-refractivity contribution in [2.24, 2.45) is 5.84 Å². The molecule has 0 aliphatic heterocycles. The summed E-state index contributed by atoms with van der Waals surface area (Å²) >= 11 is 1.54. The average molecular weight is 214 g/mol. The first-order valence-electron chi connectivity index (χ1n) is 4.23. The van der Waals surface area contributed by atoms with E-state index >= 15 is 0 Å². The number of amides is 1. The van der Waals surface area contributed by atoms with Gasteiger partial charge in [0.2, 0.25) is 0 Å². The number of aromatic nitrogens is 1. The SMILES string of the molecule is CC(C(=O)NN)N(C)Cc1cscn1. The molecule has 0 bridgehead atoms. The number of nitrogens with two attached hydrogens (primary N) is 1. The Morgan fingerprint density at radius 1 is 1.86 bits per heavy atom. The lowest BCUT2D eigenvalue weighted by molar-refractivity contribution is -0.125. The van der Waals surface area contributed by atoms with Crippen molar-refractivity contribution < 1.29 is 4.79 Å². The van der Waals surface area contributed by atoms with Gasteiger partial charge in [-0.25, -0.2) is 10.8 Å². The quantitative estimate of drug-likeness (QED) is 0.419. The minimum absolute atomic E-state index is 0.192. The van der Waals surface area contributed by atoms with Crippen LogP contribution in [-0.2, 0) is 11.3 Å². The highest BCUT2D eigenvalue weighted by atomic mass is 32.1. The van der Waals surface area contributed by atoms with E-state index in [9.17, 15) is 4.79 Å². The molecule has 1 rings (SSSR count). The maximum Gasteiger partial charge on any atom is 0.250 e. The molecule has 5 nitrogen and oxygen atoms in total. The van der Waals surface area contributed by atoms with Gasteiger partial charge in [0.05, 0.1) is 17.2 Å². The van der Waals surface area contributed by atoms with Crippen molar-refractivity contribution >= 4 is 17.2 Å². The molecule has 0 aromatic carbocycles. The standard InChI is InChI=1S/C8H14N4OS/c1-6(8(13)11-9)12(2)3-7-4-14-5-10-7/h4-6H,3,9H2,1-2H3,(H,11,13). The van der Waals surface area contributed by atoms with Crippen molar-refractivity contribution in [2.75, 3.05) is 7.05 Å². The van der Waals surface area contributed by atoms with Crippen molar-refractivity contribution in [3.63, 3.8) is 0 Å². The van der Waals surface area contributed by atoms with Gasteiger partial charge in [0.25, 0.3) is 5.91 Å². The molecule has 1 unspecified atom stereocenters. The van der Waals surface area contributed by atoms with Gasteiger partial charge in [-0.05, 0) is 14.0 Å². The van der Waals surface area contributed by atoms with Crippen molar-refractivity contribution in [2.45, 2.75) is 19.5 Å². The molecule has 0 radical (unpaired) electrons. The second kappa shape index (κ2) is 5.04. The maximum atomic E-state index is 11.2. The lowest BCUT2D eigenvalue weighted by Crippen LogP contribution is -2.45.